The van der Waals surface area contributed by atoms with Crippen molar-refractivity contribution < 1.29 is 22.7 Å². The number of amides is 1. The average Bonchev–Trinajstić information content (AvgIpc) is 2.89. The van der Waals surface area contributed by atoms with E-state index in [-0.39, 0.29) is 15.5 Å². The number of esters is 1. The third-order valence-corrected chi connectivity index (χ3v) is 5.83. The van der Waals surface area contributed by atoms with Gasteiger partial charge >= 0.3 is 5.97 Å². The quantitative estimate of drug-likeness (QED) is 0.716. The lowest BCUT2D eigenvalue weighted by Crippen LogP contribution is -2.24. The molecule has 0 aliphatic carbocycles. The van der Waals surface area contributed by atoms with Crippen molar-refractivity contribution in [3.63, 3.8) is 0 Å². The number of benzene rings is 1. The van der Waals surface area contributed by atoms with Gasteiger partial charge in [0.05, 0.1) is 16.3 Å². The Bertz CT molecular complexity index is 985. The molecule has 1 N–H and O–H groups in total. The summed E-state index contributed by atoms with van der Waals surface area (Å²) in [6, 6.07) is 5.38. The zero-order valence-corrected chi connectivity index (χ0v) is 16.8. The molecule has 0 saturated carbocycles. The molecule has 2 rings (SSSR count). The van der Waals surface area contributed by atoms with E-state index in [0.29, 0.717) is 5.82 Å². The fourth-order valence-corrected chi connectivity index (χ4v) is 3.54. The highest BCUT2D eigenvalue weighted by atomic mass is 35.5. The van der Waals surface area contributed by atoms with Crippen LogP contribution < -0.4 is 5.32 Å². The first-order valence-corrected chi connectivity index (χ1v) is 9.54. The number of halogens is 1. The molecular formula is C16H19ClN4O5S. The topological polar surface area (TPSA) is 111 Å². The van der Waals surface area contributed by atoms with E-state index < -0.39 is 28.5 Å². The van der Waals surface area contributed by atoms with Crippen molar-refractivity contribution in [2.45, 2.75) is 11.8 Å². The molecule has 0 radical (unpaired) electrons. The Morgan fingerprint density at radius 3 is 2.52 bits per heavy atom. The number of aromatic nitrogens is 2. The van der Waals surface area contributed by atoms with E-state index in [2.05, 4.69) is 10.4 Å². The molecule has 0 saturated heterocycles. The minimum absolute atomic E-state index is 0.0235. The third-order valence-electron chi connectivity index (χ3n) is 3.53. The second-order valence-corrected chi connectivity index (χ2v) is 8.38. The molecule has 0 bridgehead atoms. The number of ether oxygens (including phenoxy) is 1. The first-order chi connectivity index (χ1) is 12.5. The smallest absolute Gasteiger partial charge is 0.338 e. The van der Waals surface area contributed by atoms with Gasteiger partial charge in [-0.2, -0.15) is 5.10 Å². The minimum atomic E-state index is -3.83. The molecule has 1 aromatic heterocycles. The molecule has 0 unspecified atom stereocenters. The van der Waals surface area contributed by atoms with Crippen LogP contribution in [0.2, 0.25) is 5.02 Å². The molecule has 0 atom stereocenters. The van der Waals surface area contributed by atoms with Gasteiger partial charge < -0.3 is 10.1 Å². The molecule has 1 aromatic carbocycles. The number of hydrogen-bond donors (Lipinski definition) is 1. The Labute approximate surface area is 161 Å². The summed E-state index contributed by atoms with van der Waals surface area (Å²) in [4.78, 5) is 23.9. The summed E-state index contributed by atoms with van der Waals surface area (Å²) < 4.78 is 31.9. The Morgan fingerprint density at radius 1 is 1.30 bits per heavy atom. The molecule has 146 valence electrons. The van der Waals surface area contributed by atoms with E-state index in [1.54, 1.807) is 20.0 Å². The van der Waals surface area contributed by atoms with E-state index in [4.69, 9.17) is 16.3 Å². The molecule has 1 heterocycles. The van der Waals surface area contributed by atoms with Crippen LogP contribution in [0.5, 0.6) is 0 Å². The Balaban J connectivity index is 2.08. The SMILES string of the molecule is Cc1cc(NC(=O)COC(=O)c2ccc(Cl)c(S(=O)(=O)N(C)C)c2)n(C)n1. The molecule has 11 heteroatoms. The summed E-state index contributed by atoms with van der Waals surface area (Å²) in [7, 11) is 0.525. The molecule has 0 spiro atoms. The fourth-order valence-electron chi connectivity index (χ4n) is 2.15. The summed E-state index contributed by atoms with van der Waals surface area (Å²) in [6.45, 7) is 1.23. The molecule has 0 aliphatic heterocycles. The van der Waals surface area contributed by atoms with Crippen LogP contribution in [0, 0.1) is 6.92 Å². The van der Waals surface area contributed by atoms with Crippen LogP contribution in [-0.4, -0.2) is 55.1 Å². The van der Waals surface area contributed by atoms with Crippen LogP contribution in [0.1, 0.15) is 16.1 Å². The first kappa shape index (κ1) is 20.9. The Kier molecular flexibility index (Phi) is 6.24. The summed E-state index contributed by atoms with van der Waals surface area (Å²) in [5.74, 6) is -0.945. The van der Waals surface area contributed by atoms with E-state index in [9.17, 15) is 18.0 Å². The van der Waals surface area contributed by atoms with Gasteiger partial charge in [0.15, 0.2) is 6.61 Å². The van der Waals surface area contributed by atoms with Crippen LogP contribution in [0.25, 0.3) is 0 Å². The van der Waals surface area contributed by atoms with Gasteiger partial charge in [0.25, 0.3) is 5.91 Å². The zero-order valence-electron chi connectivity index (χ0n) is 15.2. The highest BCUT2D eigenvalue weighted by Gasteiger charge is 2.23. The molecule has 0 aliphatic rings. The predicted molar refractivity (Wildman–Crippen MR) is 99.2 cm³/mol. The molecule has 0 fully saturated rings. The van der Waals surface area contributed by atoms with Crippen LogP contribution in [0.15, 0.2) is 29.2 Å². The highest BCUT2D eigenvalue weighted by Crippen LogP contribution is 2.25. The largest absolute Gasteiger partial charge is 0.452 e. The molecule has 2 aromatic rings. The number of hydrogen-bond acceptors (Lipinski definition) is 6. The standard InChI is InChI=1S/C16H19ClN4O5S/c1-10-7-14(21(4)19-10)18-15(22)9-26-16(23)11-5-6-12(17)13(8-11)27(24,25)20(2)3/h5-8H,9H2,1-4H3,(H,18,22). The van der Waals surface area contributed by atoms with Gasteiger partial charge in [0.2, 0.25) is 10.0 Å². The van der Waals surface area contributed by atoms with Gasteiger partial charge in [0.1, 0.15) is 10.7 Å². The number of nitrogens with zero attached hydrogens (tertiary/aromatic N) is 3. The summed E-state index contributed by atoms with van der Waals surface area (Å²) in [5.41, 5.74) is 0.685. The van der Waals surface area contributed by atoms with Crippen molar-refractivity contribution in [2.75, 3.05) is 26.0 Å². The van der Waals surface area contributed by atoms with Crippen LogP contribution in [0.3, 0.4) is 0 Å². The first-order valence-electron chi connectivity index (χ1n) is 7.72. The maximum absolute atomic E-state index is 12.2. The van der Waals surface area contributed by atoms with Gasteiger partial charge in [-0.1, -0.05) is 11.6 Å². The van der Waals surface area contributed by atoms with Crippen molar-refractivity contribution in [1.29, 1.82) is 0 Å². The number of rotatable bonds is 6. The zero-order chi connectivity index (χ0) is 20.4. The number of carbonyl (C=O) groups excluding carboxylic acids is 2. The van der Waals surface area contributed by atoms with E-state index in [1.165, 1.54) is 30.9 Å². The van der Waals surface area contributed by atoms with Crippen LogP contribution in [0.4, 0.5) is 5.82 Å². The van der Waals surface area contributed by atoms with E-state index in [0.717, 1.165) is 16.1 Å². The van der Waals surface area contributed by atoms with E-state index in [1.807, 2.05) is 0 Å². The second kappa shape index (κ2) is 8.07. The third kappa shape index (κ3) is 4.85. The predicted octanol–water partition coefficient (Wildman–Crippen LogP) is 1.43. The lowest BCUT2D eigenvalue weighted by molar-refractivity contribution is -0.119. The monoisotopic (exact) mass is 414 g/mol. The van der Waals surface area contributed by atoms with Crippen molar-refractivity contribution in [3.05, 3.63) is 40.5 Å². The minimum Gasteiger partial charge on any atom is -0.452 e. The molecular weight excluding hydrogens is 396 g/mol. The number of anilines is 1. The maximum Gasteiger partial charge on any atom is 0.338 e. The van der Waals surface area contributed by atoms with Crippen molar-refractivity contribution in [1.82, 2.24) is 14.1 Å². The summed E-state index contributed by atoms with van der Waals surface area (Å²) >= 11 is 5.93. The number of carbonyl (C=O) groups is 2. The number of sulfonamides is 1. The normalized spacial score (nSPS) is 11.5. The fraction of sp³-hybridized carbons (Fsp3) is 0.312. The number of aryl methyl sites for hydroxylation is 2. The Hall–Kier alpha value is -2.43. The summed E-state index contributed by atoms with van der Waals surface area (Å²) in [6.07, 6.45) is 0. The summed E-state index contributed by atoms with van der Waals surface area (Å²) in [5, 5.41) is 6.62. The lowest BCUT2D eigenvalue weighted by atomic mass is 10.2. The van der Waals surface area contributed by atoms with Crippen LogP contribution >= 0.6 is 11.6 Å². The van der Waals surface area contributed by atoms with Crippen molar-refractivity contribution in [2.24, 2.45) is 7.05 Å². The van der Waals surface area contributed by atoms with E-state index >= 15 is 0 Å². The molecule has 9 nitrogen and oxygen atoms in total. The highest BCUT2D eigenvalue weighted by molar-refractivity contribution is 7.89. The van der Waals surface area contributed by atoms with Gasteiger partial charge in [-0.25, -0.2) is 17.5 Å². The lowest BCUT2D eigenvalue weighted by Gasteiger charge is -2.13. The van der Waals surface area contributed by atoms with Gasteiger partial charge in [0, 0.05) is 27.2 Å². The van der Waals surface area contributed by atoms with Crippen molar-refractivity contribution >= 4 is 39.3 Å². The van der Waals surface area contributed by atoms with Gasteiger partial charge in [-0.3, -0.25) is 9.48 Å². The Morgan fingerprint density at radius 2 is 1.96 bits per heavy atom. The van der Waals surface area contributed by atoms with Gasteiger partial charge in [-0.15, -0.1) is 0 Å². The van der Waals surface area contributed by atoms with Crippen molar-refractivity contribution in [3.8, 4) is 0 Å². The average molecular weight is 415 g/mol. The molecule has 27 heavy (non-hydrogen) atoms. The van der Waals surface area contributed by atoms with Crippen LogP contribution in [-0.2, 0) is 26.6 Å². The second-order valence-electron chi connectivity index (χ2n) is 5.85. The van der Waals surface area contributed by atoms with Gasteiger partial charge in [-0.05, 0) is 25.1 Å². The maximum atomic E-state index is 12.2. The number of nitrogens with one attached hydrogen (secondary N) is 1. The molecule has 1 amide bonds.